The monoisotopic (exact) mass is 476 g/mol. The lowest BCUT2D eigenvalue weighted by molar-refractivity contribution is -0.111. The number of halogens is 1. The minimum Gasteiger partial charge on any atom is -0.486 e. The molecule has 1 fully saturated rings. The van der Waals surface area contributed by atoms with Crippen LogP contribution in [0.2, 0.25) is 0 Å². The minimum absolute atomic E-state index is 0.0831. The number of nitriles is 1. The van der Waals surface area contributed by atoms with Crippen molar-refractivity contribution < 1.29 is 18.7 Å². The number of aromatic nitrogens is 2. The highest BCUT2D eigenvalue weighted by Gasteiger charge is 2.21. The first-order valence-corrected chi connectivity index (χ1v) is 11.0. The molecule has 10 heteroatoms. The maximum atomic E-state index is 13.7. The summed E-state index contributed by atoms with van der Waals surface area (Å²) in [5, 5.41) is 15.7. The Labute approximate surface area is 202 Å². The van der Waals surface area contributed by atoms with Crippen LogP contribution >= 0.6 is 0 Å². The molecule has 0 spiro atoms. The normalized spacial score (nSPS) is 15.5. The Hall–Kier alpha value is -4.07. The number of anilines is 3. The second-order valence-electron chi connectivity index (χ2n) is 8.28. The molecular weight excluding hydrogens is 451 g/mol. The molecule has 0 saturated carbocycles. The van der Waals surface area contributed by atoms with Gasteiger partial charge in [-0.3, -0.25) is 4.79 Å². The van der Waals surface area contributed by atoms with Gasteiger partial charge in [-0.25, -0.2) is 14.4 Å². The first-order valence-electron chi connectivity index (χ1n) is 11.0. The number of benzene rings is 2. The summed E-state index contributed by atoms with van der Waals surface area (Å²) in [6, 6.07) is 9.43. The molecule has 1 aromatic heterocycles. The van der Waals surface area contributed by atoms with Gasteiger partial charge in [0.2, 0.25) is 5.91 Å². The van der Waals surface area contributed by atoms with Crippen molar-refractivity contribution in [1.29, 1.82) is 5.26 Å². The third-order valence-corrected chi connectivity index (χ3v) is 5.27. The summed E-state index contributed by atoms with van der Waals surface area (Å²) in [5.74, 6) is -0.00155. The number of carbonyl (C=O) groups excluding carboxylic acids is 1. The second-order valence-corrected chi connectivity index (χ2v) is 8.28. The van der Waals surface area contributed by atoms with Gasteiger partial charge in [-0.15, -0.1) is 0 Å². The van der Waals surface area contributed by atoms with E-state index in [1.165, 1.54) is 30.6 Å². The molecule has 2 aromatic carbocycles. The summed E-state index contributed by atoms with van der Waals surface area (Å²) in [7, 11) is 3.83. The van der Waals surface area contributed by atoms with Crippen molar-refractivity contribution in [2.24, 2.45) is 0 Å². The van der Waals surface area contributed by atoms with E-state index in [0.717, 1.165) is 6.42 Å². The molecule has 4 rings (SSSR count). The van der Waals surface area contributed by atoms with E-state index in [4.69, 9.17) is 14.7 Å². The molecule has 9 nitrogen and oxygen atoms in total. The van der Waals surface area contributed by atoms with Crippen molar-refractivity contribution in [1.82, 2.24) is 14.9 Å². The molecule has 3 aromatic rings. The van der Waals surface area contributed by atoms with Crippen molar-refractivity contribution in [3.05, 3.63) is 60.2 Å². The Balaban J connectivity index is 1.69. The average molecular weight is 477 g/mol. The van der Waals surface area contributed by atoms with Crippen LogP contribution in [0.3, 0.4) is 0 Å². The predicted molar refractivity (Wildman–Crippen MR) is 130 cm³/mol. The molecule has 0 radical (unpaired) electrons. The van der Waals surface area contributed by atoms with Gasteiger partial charge in [0, 0.05) is 36.2 Å². The molecule has 2 N–H and O–H groups in total. The topological polar surface area (TPSA) is 112 Å². The van der Waals surface area contributed by atoms with Crippen LogP contribution in [0.4, 0.5) is 21.6 Å². The van der Waals surface area contributed by atoms with E-state index in [1.807, 2.05) is 25.1 Å². The zero-order chi connectivity index (χ0) is 24.8. The Morgan fingerprint density at radius 2 is 2.20 bits per heavy atom. The fraction of sp³-hybridized carbons (Fsp3) is 0.280. The molecule has 1 unspecified atom stereocenters. The SMILES string of the molecule is CN(C)C/C=C/C(=O)Nc1cc2c(Nc3ccc(F)c(C#N)c3)ncnc2cc1OC1CCOC1. The highest BCUT2D eigenvalue weighted by Crippen LogP contribution is 2.34. The van der Waals surface area contributed by atoms with Crippen molar-refractivity contribution in [3.8, 4) is 11.8 Å². The summed E-state index contributed by atoms with van der Waals surface area (Å²) in [6.07, 6.45) is 5.24. The summed E-state index contributed by atoms with van der Waals surface area (Å²) in [5.41, 5.74) is 1.45. The number of amides is 1. The van der Waals surface area contributed by atoms with Gasteiger partial charge in [-0.05, 0) is 38.4 Å². The Morgan fingerprint density at radius 1 is 1.34 bits per heavy atom. The number of ether oxygens (including phenoxy) is 2. The van der Waals surface area contributed by atoms with Crippen molar-refractivity contribution in [2.75, 3.05) is 44.5 Å². The van der Waals surface area contributed by atoms with Crippen LogP contribution in [0.1, 0.15) is 12.0 Å². The quantitative estimate of drug-likeness (QED) is 0.474. The highest BCUT2D eigenvalue weighted by molar-refractivity contribution is 6.03. The summed E-state index contributed by atoms with van der Waals surface area (Å²) < 4.78 is 25.3. The largest absolute Gasteiger partial charge is 0.486 e. The van der Waals surface area contributed by atoms with Crippen molar-refractivity contribution in [3.63, 3.8) is 0 Å². The van der Waals surface area contributed by atoms with E-state index in [2.05, 4.69) is 20.6 Å². The summed E-state index contributed by atoms with van der Waals surface area (Å²) in [6.45, 7) is 1.71. The van der Waals surface area contributed by atoms with Crippen LogP contribution in [0, 0.1) is 17.1 Å². The average Bonchev–Trinajstić information content (AvgIpc) is 3.34. The van der Waals surface area contributed by atoms with E-state index in [-0.39, 0.29) is 17.6 Å². The van der Waals surface area contributed by atoms with Crippen molar-refractivity contribution >= 4 is 34.0 Å². The van der Waals surface area contributed by atoms with Gasteiger partial charge >= 0.3 is 0 Å². The second kappa shape index (κ2) is 10.9. The number of carbonyl (C=O) groups is 1. The van der Waals surface area contributed by atoms with E-state index >= 15 is 0 Å². The first-order chi connectivity index (χ1) is 16.9. The van der Waals surface area contributed by atoms with Crippen LogP contribution in [0.15, 0.2) is 48.8 Å². The Kier molecular flexibility index (Phi) is 7.50. The van der Waals surface area contributed by atoms with Gasteiger partial charge in [0.05, 0.1) is 30.0 Å². The first kappa shape index (κ1) is 24.1. The number of likely N-dealkylation sites (N-methyl/N-ethyl adjacent to an activating group) is 1. The van der Waals surface area contributed by atoms with Crippen LogP contribution in [0.25, 0.3) is 10.9 Å². The minimum atomic E-state index is -0.601. The van der Waals surface area contributed by atoms with Crippen LogP contribution in [-0.2, 0) is 9.53 Å². The smallest absolute Gasteiger partial charge is 0.248 e. The predicted octanol–water partition coefficient (Wildman–Crippen LogP) is 3.61. The van der Waals surface area contributed by atoms with Gasteiger partial charge in [0.1, 0.15) is 35.9 Å². The van der Waals surface area contributed by atoms with Crippen LogP contribution in [-0.4, -0.2) is 60.7 Å². The lowest BCUT2D eigenvalue weighted by Crippen LogP contribution is -2.18. The molecule has 35 heavy (non-hydrogen) atoms. The molecule has 1 saturated heterocycles. The highest BCUT2D eigenvalue weighted by atomic mass is 19.1. The lowest BCUT2D eigenvalue weighted by Gasteiger charge is -2.17. The zero-order valence-electron chi connectivity index (χ0n) is 19.4. The van der Waals surface area contributed by atoms with Gasteiger partial charge < -0.3 is 25.0 Å². The number of nitrogens with one attached hydrogen (secondary N) is 2. The fourth-order valence-electron chi connectivity index (χ4n) is 3.53. The maximum Gasteiger partial charge on any atom is 0.248 e. The standard InChI is InChI=1S/C25H25FN6O3/c1-32(2)8-3-4-24(33)31-22-11-19-21(12-23(22)35-18-7-9-34-14-18)28-15-29-25(19)30-17-5-6-20(26)16(10-17)13-27/h3-6,10-12,15,18H,7-9,14H2,1-2H3,(H,31,33)(H,28,29,30)/b4-3+. The van der Waals surface area contributed by atoms with Gasteiger partial charge in [-0.2, -0.15) is 5.26 Å². The molecule has 0 bridgehead atoms. The number of rotatable bonds is 8. The Bertz CT molecular complexity index is 1300. The number of hydrogen-bond donors (Lipinski definition) is 2. The third kappa shape index (κ3) is 6.09. The number of fused-ring (bicyclic) bond motifs is 1. The molecule has 1 atom stereocenters. The van der Waals surface area contributed by atoms with Gasteiger partial charge in [0.15, 0.2) is 0 Å². The van der Waals surface area contributed by atoms with Gasteiger partial charge in [0.25, 0.3) is 0 Å². The number of nitrogens with zero attached hydrogens (tertiary/aromatic N) is 4. The molecule has 0 aliphatic carbocycles. The summed E-state index contributed by atoms with van der Waals surface area (Å²) in [4.78, 5) is 23.2. The van der Waals surface area contributed by atoms with E-state index in [0.29, 0.717) is 53.6 Å². The third-order valence-electron chi connectivity index (χ3n) is 5.27. The molecule has 1 amide bonds. The number of hydrogen-bond acceptors (Lipinski definition) is 8. The van der Waals surface area contributed by atoms with Gasteiger partial charge in [-0.1, -0.05) is 6.08 Å². The Morgan fingerprint density at radius 3 is 2.94 bits per heavy atom. The van der Waals surface area contributed by atoms with Crippen LogP contribution < -0.4 is 15.4 Å². The molecule has 180 valence electrons. The summed E-state index contributed by atoms with van der Waals surface area (Å²) >= 11 is 0. The molecular formula is C25H25FN6O3. The molecule has 2 heterocycles. The molecule has 1 aliphatic heterocycles. The lowest BCUT2D eigenvalue weighted by atomic mass is 10.1. The van der Waals surface area contributed by atoms with E-state index < -0.39 is 5.82 Å². The van der Waals surface area contributed by atoms with E-state index in [9.17, 15) is 9.18 Å². The fourth-order valence-corrected chi connectivity index (χ4v) is 3.53. The maximum absolute atomic E-state index is 13.7. The van der Waals surface area contributed by atoms with Crippen molar-refractivity contribution in [2.45, 2.75) is 12.5 Å². The molecule has 1 aliphatic rings. The van der Waals surface area contributed by atoms with Crippen LogP contribution in [0.5, 0.6) is 5.75 Å². The van der Waals surface area contributed by atoms with E-state index in [1.54, 1.807) is 18.2 Å². The zero-order valence-corrected chi connectivity index (χ0v) is 19.4.